The Hall–Kier alpha value is -3.89. The zero-order valence-electron chi connectivity index (χ0n) is 18.0. The van der Waals surface area contributed by atoms with Crippen molar-refractivity contribution < 1.29 is 21.6 Å². The molecule has 4 rings (SSSR count). The standard InChI is InChI=1S/C24H21N3O5S2/c1-17(28)25-19-9-13-21(14-10-19)33(29,30)26-20-11-15-22(16-12-20)34(31,32)27-24-8-4-6-18-5-2-3-7-23(18)24/h2-16,26-27H,1H3,(H,25,28). The molecular formula is C24H21N3O5S2. The van der Waals surface area contributed by atoms with Crippen molar-refractivity contribution in [1.82, 2.24) is 0 Å². The van der Waals surface area contributed by atoms with E-state index in [0.717, 1.165) is 10.8 Å². The quantitative estimate of drug-likeness (QED) is 0.351. The van der Waals surface area contributed by atoms with Gasteiger partial charge in [0.1, 0.15) is 0 Å². The Bertz CT molecular complexity index is 1560. The van der Waals surface area contributed by atoms with E-state index in [0.29, 0.717) is 11.4 Å². The number of hydrogen-bond donors (Lipinski definition) is 3. The van der Waals surface area contributed by atoms with Crippen LogP contribution < -0.4 is 14.8 Å². The van der Waals surface area contributed by atoms with Crippen LogP contribution in [-0.2, 0) is 24.8 Å². The fraction of sp³-hybridized carbons (Fsp3) is 0.0417. The molecule has 8 nitrogen and oxygen atoms in total. The fourth-order valence-electron chi connectivity index (χ4n) is 3.35. The molecule has 0 aliphatic heterocycles. The van der Waals surface area contributed by atoms with E-state index in [9.17, 15) is 21.6 Å². The molecule has 0 aliphatic rings. The van der Waals surface area contributed by atoms with E-state index in [2.05, 4.69) is 14.8 Å². The maximum Gasteiger partial charge on any atom is 0.261 e. The molecule has 34 heavy (non-hydrogen) atoms. The fourth-order valence-corrected chi connectivity index (χ4v) is 5.49. The zero-order chi connectivity index (χ0) is 24.3. The van der Waals surface area contributed by atoms with E-state index < -0.39 is 20.0 Å². The minimum atomic E-state index is -3.91. The summed E-state index contributed by atoms with van der Waals surface area (Å²) in [6, 6.07) is 23.8. The summed E-state index contributed by atoms with van der Waals surface area (Å²) in [4.78, 5) is 11.1. The van der Waals surface area contributed by atoms with Gasteiger partial charge in [0.15, 0.2) is 0 Å². The Morgan fingerprint density at radius 1 is 0.618 bits per heavy atom. The number of amides is 1. The lowest BCUT2D eigenvalue weighted by Crippen LogP contribution is -2.15. The monoisotopic (exact) mass is 495 g/mol. The van der Waals surface area contributed by atoms with Gasteiger partial charge in [-0.3, -0.25) is 14.2 Å². The van der Waals surface area contributed by atoms with Crippen LogP contribution in [0.4, 0.5) is 17.1 Å². The van der Waals surface area contributed by atoms with Gasteiger partial charge in [0.25, 0.3) is 20.0 Å². The molecule has 1 amide bonds. The van der Waals surface area contributed by atoms with Crippen molar-refractivity contribution >= 4 is 53.8 Å². The lowest BCUT2D eigenvalue weighted by molar-refractivity contribution is -0.114. The average Bonchev–Trinajstić information content (AvgIpc) is 2.79. The highest BCUT2D eigenvalue weighted by Crippen LogP contribution is 2.26. The summed E-state index contributed by atoms with van der Waals surface area (Å²) >= 11 is 0. The predicted octanol–water partition coefficient (Wildman–Crippen LogP) is 4.40. The van der Waals surface area contributed by atoms with Gasteiger partial charge in [-0.15, -0.1) is 0 Å². The Labute approximate surface area is 197 Å². The van der Waals surface area contributed by atoms with Gasteiger partial charge in [-0.05, 0) is 60.0 Å². The molecule has 0 saturated heterocycles. The molecule has 0 bridgehead atoms. The first-order chi connectivity index (χ1) is 16.1. The zero-order valence-corrected chi connectivity index (χ0v) is 19.7. The summed E-state index contributed by atoms with van der Waals surface area (Å²) < 4.78 is 56.1. The second kappa shape index (κ2) is 9.16. The number of nitrogens with one attached hydrogen (secondary N) is 3. The van der Waals surface area contributed by atoms with Gasteiger partial charge >= 0.3 is 0 Å². The molecule has 3 N–H and O–H groups in total. The van der Waals surface area contributed by atoms with E-state index in [1.165, 1.54) is 55.5 Å². The topological polar surface area (TPSA) is 121 Å². The van der Waals surface area contributed by atoms with Crippen LogP contribution in [0.1, 0.15) is 6.92 Å². The lowest BCUT2D eigenvalue weighted by Gasteiger charge is -2.12. The number of fused-ring (bicyclic) bond motifs is 1. The van der Waals surface area contributed by atoms with Crippen molar-refractivity contribution in [3.8, 4) is 0 Å². The van der Waals surface area contributed by atoms with Crippen molar-refractivity contribution in [2.75, 3.05) is 14.8 Å². The van der Waals surface area contributed by atoms with Crippen LogP contribution in [-0.4, -0.2) is 22.7 Å². The number of carbonyl (C=O) groups is 1. The molecule has 0 radical (unpaired) electrons. The first-order valence-corrected chi connectivity index (χ1v) is 13.1. The van der Waals surface area contributed by atoms with Crippen LogP contribution in [0.25, 0.3) is 10.8 Å². The molecule has 0 aromatic heterocycles. The molecule has 4 aromatic rings. The van der Waals surface area contributed by atoms with Gasteiger partial charge in [0, 0.05) is 23.7 Å². The number of anilines is 3. The Kier molecular flexibility index (Phi) is 6.27. The normalized spacial score (nSPS) is 11.7. The number of sulfonamides is 2. The van der Waals surface area contributed by atoms with Gasteiger partial charge in [0.05, 0.1) is 15.5 Å². The van der Waals surface area contributed by atoms with Gasteiger partial charge in [-0.25, -0.2) is 16.8 Å². The van der Waals surface area contributed by atoms with Crippen LogP contribution in [0, 0.1) is 0 Å². The molecule has 0 heterocycles. The first kappa shape index (κ1) is 23.3. The molecule has 174 valence electrons. The molecular weight excluding hydrogens is 474 g/mol. The Morgan fingerprint density at radius 3 is 1.76 bits per heavy atom. The third-order valence-electron chi connectivity index (χ3n) is 4.94. The molecule has 10 heteroatoms. The summed E-state index contributed by atoms with van der Waals surface area (Å²) in [6.45, 7) is 1.35. The molecule has 0 atom stereocenters. The Balaban J connectivity index is 1.51. The SMILES string of the molecule is CC(=O)Nc1ccc(S(=O)(=O)Nc2ccc(S(=O)(=O)Nc3cccc4ccccc34)cc2)cc1. The summed E-state index contributed by atoms with van der Waals surface area (Å²) in [7, 11) is -7.80. The third kappa shape index (κ3) is 5.19. The second-order valence-electron chi connectivity index (χ2n) is 7.47. The second-order valence-corrected chi connectivity index (χ2v) is 10.8. The van der Waals surface area contributed by atoms with Crippen molar-refractivity contribution in [2.45, 2.75) is 16.7 Å². The van der Waals surface area contributed by atoms with Gasteiger partial charge in [-0.2, -0.15) is 0 Å². The van der Waals surface area contributed by atoms with Crippen LogP contribution >= 0.6 is 0 Å². The lowest BCUT2D eigenvalue weighted by atomic mass is 10.1. The largest absolute Gasteiger partial charge is 0.326 e. The van der Waals surface area contributed by atoms with Crippen molar-refractivity contribution in [2.24, 2.45) is 0 Å². The maximum atomic E-state index is 12.9. The van der Waals surface area contributed by atoms with Gasteiger partial charge in [0.2, 0.25) is 5.91 Å². The van der Waals surface area contributed by atoms with Crippen molar-refractivity contribution in [1.29, 1.82) is 0 Å². The first-order valence-electron chi connectivity index (χ1n) is 10.2. The van der Waals surface area contributed by atoms with Gasteiger partial charge in [-0.1, -0.05) is 36.4 Å². The number of hydrogen-bond acceptors (Lipinski definition) is 5. The minimum Gasteiger partial charge on any atom is -0.326 e. The molecule has 0 aliphatic carbocycles. The maximum absolute atomic E-state index is 12.9. The third-order valence-corrected chi connectivity index (χ3v) is 7.71. The summed E-state index contributed by atoms with van der Waals surface area (Å²) in [5, 5.41) is 4.23. The smallest absolute Gasteiger partial charge is 0.261 e. The van der Waals surface area contributed by atoms with E-state index in [4.69, 9.17) is 0 Å². The average molecular weight is 496 g/mol. The van der Waals surface area contributed by atoms with Crippen LogP contribution in [0.15, 0.2) is 101 Å². The summed E-state index contributed by atoms with van der Waals surface area (Å²) in [6.07, 6.45) is 0. The van der Waals surface area contributed by atoms with Gasteiger partial charge < -0.3 is 5.32 Å². The molecule has 0 fully saturated rings. The summed E-state index contributed by atoms with van der Waals surface area (Å²) in [5.74, 6) is -0.265. The van der Waals surface area contributed by atoms with Crippen molar-refractivity contribution in [3.63, 3.8) is 0 Å². The van der Waals surface area contributed by atoms with Crippen LogP contribution in [0.3, 0.4) is 0 Å². The highest BCUT2D eigenvalue weighted by Gasteiger charge is 2.18. The number of benzene rings is 4. The van der Waals surface area contributed by atoms with E-state index >= 15 is 0 Å². The number of carbonyl (C=O) groups excluding carboxylic acids is 1. The van der Waals surface area contributed by atoms with E-state index in [-0.39, 0.29) is 21.4 Å². The summed E-state index contributed by atoms with van der Waals surface area (Å²) in [5.41, 5.74) is 1.13. The Morgan fingerprint density at radius 2 is 1.15 bits per heavy atom. The predicted molar refractivity (Wildman–Crippen MR) is 133 cm³/mol. The van der Waals surface area contributed by atoms with Crippen molar-refractivity contribution in [3.05, 3.63) is 91.0 Å². The van der Waals surface area contributed by atoms with E-state index in [1.54, 1.807) is 12.1 Å². The molecule has 0 unspecified atom stereocenters. The van der Waals surface area contributed by atoms with Crippen LogP contribution in [0.5, 0.6) is 0 Å². The van der Waals surface area contributed by atoms with Crippen LogP contribution in [0.2, 0.25) is 0 Å². The van der Waals surface area contributed by atoms with E-state index in [1.807, 2.05) is 30.3 Å². The molecule has 4 aromatic carbocycles. The highest BCUT2D eigenvalue weighted by atomic mass is 32.2. The number of rotatable bonds is 7. The molecule has 0 saturated carbocycles. The molecule has 0 spiro atoms. The highest BCUT2D eigenvalue weighted by molar-refractivity contribution is 7.93. The minimum absolute atomic E-state index is 0.00378.